The van der Waals surface area contributed by atoms with Gasteiger partial charge in [0, 0.05) is 40.8 Å². The highest BCUT2D eigenvalue weighted by Gasteiger charge is 2.45. The monoisotopic (exact) mass is 441 g/mol. The molecule has 2 aliphatic rings. The van der Waals surface area contributed by atoms with Gasteiger partial charge in [0.25, 0.3) is 11.8 Å². The summed E-state index contributed by atoms with van der Waals surface area (Å²) in [6.45, 7) is 1.75. The fourth-order valence-corrected chi connectivity index (χ4v) is 4.55. The fraction of sp³-hybridized carbons (Fsp3) is 0.125. The van der Waals surface area contributed by atoms with Crippen LogP contribution in [0.25, 0.3) is 21.8 Å². The number of carbonyl (C=O) groups excluding carboxylic acids is 2. The van der Waals surface area contributed by atoms with E-state index in [4.69, 9.17) is 4.98 Å². The number of carbonyl (C=O) groups is 2. The predicted octanol–water partition coefficient (Wildman–Crippen LogP) is 4.28. The summed E-state index contributed by atoms with van der Waals surface area (Å²) in [6.07, 6.45) is 10.6. The molecule has 0 fully saturated rings. The number of amides is 2. The maximum Gasteiger partial charge on any atom is 0.250 e. The van der Waals surface area contributed by atoms with Crippen molar-refractivity contribution in [1.82, 2.24) is 14.9 Å². The Hall–Kier alpha value is -3.91. The number of benzene rings is 1. The van der Waals surface area contributed by atoms with Gasteiger partial charge in [0.05, 0.1) is 12.1 Å². The van der Waals surface area contributed by atoms with E-state index in [0.29, 0.717) is 11.5 Å². The molecule has 0 saturated carbocycles. The Labute approximate surface area is 188 Å². The minimum atomic E-state index is -1.07. The lowest BCUT2D eigenvalue weighted by atomic mass is 9.91. The first kappa shape index (κ1) is 20.0. The summed E-state index contributed by atoms with van der Waals surface area (Å²) in [4.78, 5) is 40.1. The number of thiazole rings is 1. The lowest BCUT2D eigenvalue weighted by molar-refractivity contribution is -0.130. The third kappa shape index (κ3) is 3.65. The van der Waals surface area contributed by atoms with Gasteiger partial charge in [-0.1, -0.05) is 18.2 Å². The molecule has 8 heteroatoms. The smallest absolute Gasteiger partial charge is 0.250 e. The second kappa shape index (κ2) is 7.97. The van der Waals surface area contributed by atoms with Gasteiger partial charge in [0.15, 0.2) is 0 Å². The molecule has 5 rings (SSSR count). The normalized spacial score (nSPS) is 19.5. The van der Waals surface area contributed by atoms with Crippen molar-refractivity contribution >= 4 is 34.7 Å². The van der Waals surface area contributed by atoms with E-state index in [1.165, 1.54) is 0 Å². The Bertz CT molecular complexity index is 1290. The van der Waals surface area contributed by atoms with Crippen LogP contribution in [0.5, 0.6) is 0 Å². The van der Waals surface area contributed by atoms with Crippen LogP contribution in [-0.2, 0) is 9.59 Å². The minimum absolute atomic E-state index is 0.000755. The highest BCUT2D eigenvalue weighted by atomic mass is 32.1. The Kier molecular flexibility index (Phi) is 4.99. The largest absolute Gasteiger partial charge is 0.324 e. The summed E-state index contributed by atoms with van der Waals surface area (Å²) >= 11 is 1.54. The highest BCUT2D eigenvalue weighted by Crippen LogP contribution is 2.32. The molecule has 2 aliphatic heterocycles. The Morgan fingerprint density at radius 1 is 1.19 bits per heavy atom. The summed E-state index contributed by atoms with van der Waals surface area (Å²) in [5, 5.41) is 5.84. The number of pyridine rings is 1. The van der Waals surface area contributed by atoms with E-state index in [-0.39, 0.29) is 18.2 Å². The molecule has 7 nitrogen and oxygen atoms in total. The number of allylic oxidation sites excluding steroid dienone is 2. The minimum Gasteiger partial charge on any atom is -0.324 e. The van der Waals surface area contributed by atoms with Crippen LogP contribution in [0, 0.1) is 0 Å². The topological polar surface area (TPSA) is 87.5 Å². The molecule has 0 bridgehead atoms. The molecule has 0 spiro atoms. The van der Waals surface area contributed by atoms with Crippen molar-refractivity contribution in [3.8, 4) is 21.8 Å². The van der Waals surface area contributed by atoms with E-state index in [2.05, 4.69) is 15.3 Å². The fourth-order valence-electron chi connectivity index (χ4n) is 3.73. The van der Waals surface area contributed by atoms with Crippen LogP contribution in [-0.4, -0.2) is 38.1 Å². The number of rotatable bonds is 4. The van der Waals surface area contributed by atoms with Crippen LogP contribution in [0.15, 0.2) is 83.6 Å². The Morgan fingerprint density at radius 2 is 2.06 bits per heavy atom. The zero-order chi connectivity index (χ0) is 22.1. The van der Waals surface area contributed by atoms with Gasteiger partial charge in [-0.15, -0.1) is 11.3 Å². The maximum absolute atomic E-state index is 13.3. The lowest BCUT2D eigenvalue weighted by Crippen LogP contribution is -2.58. The van der Waals surface area contributed by atoms with E-state index in [1.807, 2.05) is 47.9 Å². The molecule has 0 aliphatic carbocycles. The van der Waals surface area contributed by atoms with Crippen molar-refractivity contribution in [2.45, 2.75) is 18.9 Å². The average Bonchev–Trinajstić information content (AvgIpc) is 3.30. The first-order chi connectivity index (χ1) is 15.5. The summed E-state index contributed by atoms with van der Waals surface area (Å²) in [6, 6.07) is 11.4. The number of nitrogens with zero attached hydrogens (tertiary/aromatic N) is 4. The summed E-state index contributed by atoms with van der Waals surface area (Å²) in [7, 11) is 0. The second-order valence-electron chi connectivity index (χ2n) is 7.70. The number of fused-ring (bicyclic) bond motifs is 1. The standard InChI is InChI=1S/C24H19N5O2S/c1-24(13-21(30)28-20-9-2-3-11-29(20)24)23(31)26-18-8-4-6-16(12-18)19-15-32-22(27-19)17-7-5-10-25-14-17/h2-12,14-15H,13H2,1H3,(H,26,31). The molecule has 158 valence electrons. The van der Waals surface area contributed by atoms with E-state index < -0.39 is 5.54 Å². The predicted molar refractivity (Wildman–Crippen MR) is 125 cm³/mol. The van der Waals surface area contributed by atoms with E-state index >= 15 is 0 Å². The van der Waals surface area contributed by atoms with Crippen LogP contribution in [0.2, 0.25) is 0 Å². The van der Waals surface area contributed by atoms with Gasteiger partial charge in [-0.05, 0) is 43.3 Å². The van der Waals surface area contributed by atoms with Gasteiger partial charge in [-0.25, -0.2) is 4.98 Å². The highest BCUT2D eigenvalue weighted by molar-refractivity contribution is 7.13. The summed E-state index contributed by atoms with van der Waals surface area (Å²) < 4.78 is 0. The molecule has 1 unspecified atom stereocenters. The number of aliphatic imine (C=N–C) groups is 1. The molecule has 0 saturated heterocycles. The Balaban J connectivity index is 1.39. The molecular formula is C24H19N5O2S. The van der Waals surface area contributed by atoms with Gasteiger partial charge in [0.2, 0.25) is 0 Å². The molecule has 0 radical (unpaired) electrons. The van der Waals surface area contributed by atoms with Gasteiger partial charge >= 0.3 is 0 Å². The van der Waals surface area contributed by atoms with Crippen LogP contribution >= 0.6 is 11.3 Å². The number of aromatic nitrogens is 2. The average molecular weight is 442 g/mol. The first-order valence-electron chi connectivity index (χ1n) is 10.1. The number of amidine groups is 1. The number of hydrogen-bond acceptors (Lipinski definition) is 6. The van der Waals surface area contributed by atoms with Gasteiger partial charge in [-0.2, -0.15) is 4.99 Å². The Morgan fingerprint density at radius 3 is 2.91 bits per heavy atom. The van der Waals surface area contributed by atoms with Crippen molar-refractivity contribution in [3.05, 3.63) is 78.6 Å². The second-order valence-corrected chi connectivity index (χ2v) is 8.56. The lowest BCUT2D eigenvalue weighted by Gasteiger charge is -2.41. The molecule has 2 aromatic heterocycles. The molecular weight excluding hydrogens is 422 g/mol. The van der Waals surface area contributed by atoms with Crippen LogP contribution in [0.4, 0.5) is 5.69 Å². The van der Waals surface area contributed by atoms with E-state index in [1.54, 1.807) is 53.9 Å². The first-order valence-corrected chi connectivity index (χ1v) is 10.9. The SMILES string of the molecule is CC1(C(=O)Nc2cccc(-c3csc(-c4cccnc4)n3)c2)CC(=O)N=C2C=CC=CN21. The maximum atomic E-state index is 13.3. The van der Waals surface area contributed by atoms with Gasteiger partial charge < -0.3 is 10.2 Å². The molecule has 1 atom stereocenters. The third-order valence-corrected chi connectivity index (χ3v) is 6.31. The van der Waals surface area contributed by atoms with Crippen molar-refractivity contribution < 1.29 is 9.59 Å². The van der Waals surface area contributed by atoms with Crippen molar-refractivity contribution in [2.75, 3.05) is 5.32 Å². The molecule has 1 aromatic carbocycles. The molecule has 1 N–H and O–H groups in total. The van der Waals surface area contributed by atoms with E-state index in [0.717, 1.165) is 21.8 Å². The number of anilines is 1. The zero-order valence-corrected chi connectivity index (χ0v) is 18.0. The number of nitrogens with one attached hydrogen (secondary N) is 1. The van der Waals surface area contributed by atoms with Crippen molar-refractivity contribution in [2.24, 2.45) is 4.99 Å². The molecule has 2 amide bonds. The van der Waals surface area contributed by atoms with Crippen molar-refractivity contribution in [3.63, 3.8) is 0 Å². The quantitative estimate of drug-likeness (QED) is 0.653. The summed E-state index contributed by atoms with van der Waals surface area (Å²) in [5.74, 6) is -0.113. The number of hydrogen-bond donors (Lipinski definition) is 1. The molecule has 3 aromatic rings. The van der Waals surface area contributed by atoms with Gasteiger partial charge in [-0.3, -0.25) is 14.6 Å². The van der Waals surface area contributed by atoms with E-state index in [9.17, 15) is 9.59 Å². The zero-order valence-electron chi connectivity index (χ0n) is 17.2. The molecule has 32 heavy (non-hydrogen) atoms. The van der Waals surface area contributed by atoms with Gasteiger partial charge in [0.1, 0.15) is 16.4 Å². The third-order valence-electron chi connectivity index (χ3n) is 5.42. The van der Waals surface area contributed by atoms with Crippen molar-refractivity contribution in [1.29, 1.82) is 0 Å². The molecule has 4 heterocycles. The van der Waals surface area contributed by atoms with Crippen LogP contribution < -0.4 is 5.32 Å². The van der Waals surface area contributed by atoms with Crippen LogP contribution in [0.3, 0.4) is 0 Å². The summed E-state index contributed by atoms with van der Waals surface area (Å²) in [5.41, 5.74) is 2.24. The van der Waals surface area contributed by atoms with Crippen LogP contribution in [0.1, 0.15) is 13.3 Å².